The minimum absolute atomic E-state index is 0.0214. The van der Waals surface area contributed by atoms with Crippen molar-refractivity contribution in [1.29, 1.82) is 0 Å². The number of carbonyl (C=O) groups is 2. The Morgan fingerprint density at radius 2 is 1.80 bits per heavy atom. The molecule has 6 heteroatoms. The lowest BCUT2D eigenvalue weighted by Crippen LogP contribution is -2.52. The monoisotopic (exact) mass is 488 g/mol. The fourth-order valence-corrected chi connectivity index (χ4v) is 5.33. The van der Waals surface area contributed by atoms with Gasteiger partial charge in [0, 0.05) is 23.0 Å². The Balaban J connectivity index is 1.59. The zero-order valence-corrected chi connectivity index (χ0v) is 21.5. The predicted octanol–water partition coefficient (Wildman–Crippen LogP) is 5.57. The van der Waals surface area contributed by atoms with Gasteiger partial charge in [0.25, 0.3) is 0 Å². The normalized spacial score (nSPS) is 15.7. The molecule has 0 radical (unpaired) electrons. The Kier molecular flexibility index (Phi) is 7.41. The average Bonchev–Trinajstić information content (AvgIpc) is 3.34. The van der Waals surface area contributed by atoms with Crippen LogP contribution in [0.3, 0.4) is 0 Å². The number of benzene rings is 2. The molecule has 3 aromatic rings. The SMILES string of the molecule is COc1ccc(C2c3ccsc3CCN2C(=O)CN(C(=O)/C=C/c2ccccc2)C(C)(C)C)cc1. The lowest BCUT2D eigenvalue weighted by atomic mass is 9.93. The Morgan fingerprint density at radius 3 is 2.46 bits per heavy atom. The van der Waals surface area contributed by atoms with Gasteiger partial charge in [0.2, 0.25) is 11.8 Å². The third-order valence-corrected chi connectivity index (χ3v) is 7.30. The first kappa shape index (κ1) is 24.7. The van der Waals surface area contributed by atoms with Crippen molar-refractivity contribution >= 4 is 29.2 Å². The molecule has 2 heterocycles. The molecule has 0 N–H and O–H groups in total. The van der Waals surface area contributed by atoms with Gasteiger partial charge in [-0.1, -0.05) is 42.5 Å². The Hall–Kier alpha value is -3.38. The number of rotatable bonds is 6. The summed E-state index contributed by atoms with van der Waals surface area (Å²) in [6, 6.07) is 19.5. The largest absolute Gasteiger partial charge is 0.497 e. The Labute approximate surface area is 211 Å². The highest BCUT2D eigenvalue weighted by molar-refractivity contribution is 7.10. The average molecular weight is 489 g/mol. The van der Waals surface area contributed by atoms with E-state index in [2.05, 4.69) is 11.4 Å². The van der Waals surface area contributed by atoms with Crippen LogP contribution in [0.2, 0.25) is 0 Å². The van der Waals surface area contributed by atoms with Crippen LogP contribution >= 0.6 is 11.3 Å². The van der Waals surface area contributed by atoms with Crippen LogP contribution < -0.4 is 4.74 Å². The minimum Gasteiger partial charge on any atom is -0.497 e. The standard InChI is InChI=1S/C29H32N2O3S/c1-29(2,3)31(26(32)15-10-21-8-6-5-7-9-21)20-27(33)30-18-16-25-24(17-19-35-25)28(30)22-11-13-23(34-4)14-12-22/h5-15,17,19,28H,16,18,20H2,1-4H3/b15-10+. The molecule has 1 aliphatic heterocycles. The van der Waals surface area contributed by atoms with Crippen LogP contribution in [0.5, 0.6) is 5.75 Å². The van der Waals surface area contributed by atoms with Crippen molar-refractivity contribution in [3.63, 3.8) is 0 Å². The van der Waals surface area contributed by atoms with Crippen molar-refractivity contribution in [2.75, 3.05) is 20.2 Å². The van der Waals surface area contributed by atoms with Crippen LogP contribution in [0.1, 0.15) is 48.4 Å². The highest BCUT2D eigenvalue weighted by Gasteiger charge is 2.35. The van der Waals surface area contributed by atoms with Crippen LogP contribution in [0.25, 0.3) is 6.08 Å². The number of hydrogen-bond donors (Lipinski definition) is 0. The van der Waals surface area contributed by atoms with Crippen LogP contribution in [-0.2, 0) is 16.0 Å². The number of methoxy groups -OCH3 is 1. The molecule has 1 atom stereocenters. The molecule has 0 bridgehead atoms. The molecule has 35 heavy (non-hydrogen) atoms. The van der Waals surface area contributed by atoms with Crippen molar-refractivity contribution in [2.24, 2.45) is 0 Å². The summed E-state index contributed by atoms with van der Waals surface area (Å²) in [7, 11) is 1.65. The molecule has 0 saturated heterocycles. The molecule has 0 spiro atoms. The second-order valence-electron chi connectivity index (χ2n) is 9.65. The summed E-state index contributed by atoms with van der Waals surface area (Å²) in [4.78, 5) is 31.9. The van der Waals surface area contributed by atoms with Crippen LogP contribution in [0, 0.1) is 0 Å². The Morgan fingerprint density at radius 1 is 1.09 bits per heavy atom. The van der Waals surface area contributed by atoms with Crippen molar-refractivity contribution in [2.45, 2.75) is 38.8 Å². The lowest BCUT2D eigenvalue weighted by molar-refractivity contribution is -0.143. The van der Waals surface area contributed by atoms with Crippen LogP contribution in [0.15, 0.2) is 72.1 Å². The first-order chi connectivity index (χ1) is 16.8. The minimum atomic E-state index is -0.507. The highest BCUT2D eigenvalue weighted by atomic mass is 32.1. The summed E-state index contributed by atoms with van der Waals surface area (Å²) in [6.07, 6.45) is 4.18. The number of fused-ring (bicyclic) bond motifs is 1. The van der Waals surface area contributed by atoms with E-state index in [0.717, 1.165) is 28.9 Å². The second-order valence-corrected chi connectivity index (χ2v) is 10.7. The first-order valence-corrected chi connectivity index (χ1v) is 12.7. The molecule has 5 nitrogen and oxygen atoms in total. The summed E-state index contributed by atoms with van der Waals surface area (Å²) < 4.78 is 5.33. The van der Waals surface area contributed by atoms with E-state index in [1.54, 1.807) is 35.5 Å². The van der Waals surface area contributed by atoms with Gasteiger partial charge in [-0.3, -0.25) is 9.59 Å². The summed E-state index contributed by atoms with van der Waals surface area (Å²) in [6.45, 7) is 6.52. The van der Waals surface area contributed by atoms with Gasteiger partial charge in [0.15, 0.2) is 0 Å². The maximum atomic E-state index is 13.8. The van der Waals surface area contributed by atoms with Gasteiger partial charge in [-0.05, 0) is 73.5 Å². The number of ether oxygens (including phenoxy) is 1. The molecular weight excluding hydrogens is 456 g/mol. The van der Waals surface area contributed by atoms with Crippen molar-refractivity contribution in [1.82, 2.24) is 9.80 Å². The van der Waals surface area contributed by atoms with Gasteiger partial charge in [0.1, 0.15) is 12.3 Å². The molecule has 0 saturated carbocycles. The molecule has 0 aliphatic carbocycles. The molecule has 0 fully saturated rings. The quantitative estimate of drug-likeness (QED) is 0.426. The molecule has 4 rings (SSSR count). The molecule has 2 amide bonds. The van der Waals surface area contributed by atoms with Gasteiger partial charge in [0.05, 0.1) is 13.2 Å². The number of hydrogen-bond acceptors (Lipinski definition) is 4. The first-order valence-electron chi connectivity index (χ1n) is 11.8. The molecular formula is C29H32N2O3S. The van der Waals surface area contributed by atoms with Crippen molar-refractivity contribution < 1.29 is 14.3 Å². The van der Waals surface area contributed by atoms with Crippen molar-refractivity contribution in [3.05, 3.63) is 93.7 Å². The number of nitrogens with zero attached hydrogens (tertiary/aromatic N) is 2. The van der Waals surface area contributed by atoms with Crippen LogP contribution in [-0.4, -0.2) is 47.4 Å². The van der Waals surface area contributed by atoms with Gasteiger partial charge in [-0.15, -0.1) is 11.3 Å². The van der Waals surface area contributed by atoms with E-state index in [-0.39, 0.29) is 24.4 Å². The fraction of sp³-hybridized carbons (Fsp3) is 0.310. The maximum Gasteiger partial charge on any atom is 0.247 e. The predicted molar refractivity (Wildman–Crippen MR) is 142 cm³/mol. The summed E-state index contributed by atoms with van der Waals surface area (Å²) in [5.74, 6) is 0.547. The summed E-state index contributed by atoms with van der Waals surface area (Å²) in [5, 5.41) is 2.09. The second kappa shape index (κ2) is 10.5. The van der Waals surface area contributed by atoms with E-state index >= 15 is 0 Å². The number of carbonyl (C=O) groups excluding carboxylic acids is 2. The summed E-state index contributed by atoms with van der Waals surface area (Å²) in [5.41, 5.74) is 2.64. The van der Waals surface area contributed by atoms with Gasteiger partial charge in [-0.2, -0.15) is 0 Å². The van der Waals surface area contributed by atoms with E-state index < -0.39 is 5.54 Å². The van der Waals surface area contributed by atoms with Crippen LogP contribution in [0.4, 0.5) is 0 Å². The van der Waals surface area contributed by atoms with E-state index in [0.29, 0.717) is 6.54 Å². The molecule has 2 aromatic carbocycles. The van der Waals surface area contributed by atoms with E-state index in [1.807, 2.05) is 80.3 Å². The zero-order chi connectivity index (χ0) is 25.0. The third kappa shape index (κ3) is 5.65. The summed E-state index contributed by atoms with van der Waals surface area (Å²) >= 11 is 1.74. The molecule has 1 aromatic heterocycles. The number of amides is 2. The van der Waals surface area contributed by atoms with Gasteiger partial charge >= 0.3 is 0 Å². The molecule has 182 valence electrons. The van der Waals surface area contributed by atoms with Crippen molar-refractivity contribution in [3.8, 4) is 5.75 Å². The highest BCUT2D eigenvalue weighted by Crippen LogP contribution is 2.38. The van der Waals surface area contributed by atoms with E-state index in [9.17, 15) is 9.59 Å². The Bertz CT molecular complexity index is 1190. The van der Waals surface area contributed by atoms with Gasteiger partial charge in [-0.25, -0.2) is 0 Å². The lowest BCUT2D eigenvalue weighted by Gasteiger charge is -2.40. The molecule has 1 aliphatic rings. The van der Waals surface area contributed by atoms with Gasteiger partial charge < -0.3 is 14.5 Å². The topological polar surface area (TPSA) is 49.9 Å². The fourth-order valence-electron chi connectivity index (χ4n) is 4.42. The molecule has 1 unspecified atom stereocenters. The maximum absolute atomic E-state index is 13.8. The number of thiophene rings is 1. The van der Waals surface area contributed by atoms with E-state index in [4.69, 9.17) is 4.74 Å². The smallest absolute Gasteiger partial charge is 0.247 e. The van der Waals surface area contributed by atoms with E-state index in [1.165, 1.54) is 4.88 Å². The zero-order valence-electron chi connectivity index (χ0n) is 20.7. The third-order valence-electron chi connectivity index (χ3n) is 6.30.